The molecule has 0 aromatic carbocycles. The smallest absolute Gasteiger partial charge is 0.326 e. The average Bonchev–Trinajstić information content (AvgIpc) is 3.12. The van der Waals surface area contributed by atoms with Gasteiger partial charge in [0.2, 0.25) is 11.8 Å². The molecule has 0 aliphatic rings. The lowest BCUT2D eigenvalue weighted by molar-refractivity contribution is -0.142. The van der Waals surface area contributed by atoms with Crippen LogP contribution < -0.4 is 15.4 Å². The molecule has 2 atom stereocenters. The fourth-order valence-electron chi connectivity index (χ4n) is 2.26. The zero-order valence-electron chi connectivity index (χ0n) is 16.3. The molecule has 4 N–H and O–H groups in total. The molecule has 2 amide bonds. The van der Waals surface area contributed by atoms with Crippen LogP contribution in [0, 0.1) is 5.92 Å². The molecule has 1 aromatic rings. The fourth-order valence-corrected chi connectivity index (χ4v) is 2.26. The summed E-state index contributed by atoms with van der Waals surface area (Å²) in [5.41, 5.74) is 0.402. The quantitative estimate of drug-likeness (QED) is 0.245. The van der Waals surface area contributed by atoms with Crippen molar-refractivity contribution in [2.45, 2.75) is 32.2 Å². The molecule has 28 heavy (non-hydrogen) atoms. The van der Waals surface area contributed by atoms with Gasteiger partial charge in [-0.25, -0.2) is 9.78 Å². The Morgan fingerprint density at radius 1 is 1.32 bits per heavy atom. The fraction of sp³-hybridized carbons (Fsp3) is 0.647. The Bertz CT molecular complexity index is 635. The van der Waals surface area contributed by atoms with E-state index in [-0.39, 0.29) is 31.6 Å². The molecule has 0 fully saturated rings. The van der Waals surface area contributed by atoms with Crippen LogP contribution in [0.15, 0.2) is 6.20 Å². The molecule has 0 saturated heterocycles. The molecular weight excluding hydrogens is 372 g/mol. The van der Waals surface area contributed by atoms with Gasteiger partial charge in [0.1, 0.15) is 6.04 Å². The zero-order chi connectivity index (χ0) is 20.9. The number of hydrogen-bond donors (Lipinski definition) is 4. The second kappa shape index (κ2) is 12.7. The van der Waals surface area contributed by atoms with Gasteiger partial charge in [-0.2, -0.15) is 0 Å². The van der Waals surface area contributed by atoms with E-state index in [9.17, 15) is 19.5 Å². The highest BCUT2D eigenvalue weighted by atomic mass is 16.7. The van der Waals surface area contributed by atoms with Crippen LogP contribution in [0.4, 0.5) is 0 Å². The summed E-state index contributed by atoms with van der Waals surface area (Å²) in [5.74, 6) is -2.58. The summed E-state index contributed by atoms with van der Waals surface area (Å²) >= 11 is 0. The number of methoxy groups -OCH3 is 1. The van der Waals surface area contributed by atoms with E-state index in [0.717, 1.165) is 0 Å². The molecule has 1 heterocycles. The van der Waals surface area contributed by atoms with Crippen molar-refractivity contribution in [2.24, 2.45) is 5.92 Å². The third-order valence-electron chi connectivity index (χ3n) is 3.92. The highest BCUT2D eigenvalue weighted by molar-refractivity contribution is 5.88. The molecule has 0 aliphatic heterocycles. The molecule has 0 radical (unpaired) electrons. The standard InChI is InChI=1S/C17H28N4O7/c1-4-11(7-14(22)18-2)15(23)21-13(16(24)25)8-12-9-19-17(20-12)28-10-27-6-5-26-3/h9,11,13H,4-8,10H2,1-3H3,(H,18,22)(H,19,20)(H,21,23)(H,24,25). The van der Waals surface area contributed by atoms with Crippen LogP contribution in [0.5, 0.6) is 6.01 Å². The van der Waals surface area contributed by atoms with Crippen molar-refractivity contribution in [3.8, 4) is 6.01 Å². The SMILES string of the molecule is CCC(CC(=O)NC)C(=O)NC(Cc1c[nH]c(OCOCCOC)n1)C(=O)O. The number of carboxylic acids is 1. The van der Waals surface area contributed by atoms with E-state index in [2.05, 4.69) is 20.6 Å². The molecule has 1 rings (SSSR count). The van der Waals surface area contributed by atoms with E-state index < -0.39 is 23.8 Å². The van der Waals surface area contributed by atoms with Crippen LogP contribution in [0.3, 0.4) is 0 Å². The first-order valence-corrected chi connectivity index (χ1v) is 8.88. The van der Waals surface area contributed by atoms with E-state index in [1.165, 1.54) is 13.2 Å². The Morgan fingerprint density at radius 2 is 2.07 bits per heavy atom. The van der Waals surface area contributed by atoms with Gasteiger partial charge in [-0.3, -0.25) is 9.59 Å². The van der Waals surface area contributed by atoms with Crippen LogP contribution in [-0.4, -0.2) is 73.1 Å². The van der Waals surface area contributed by atoms with Crippen LogP contribution >= 0.6 is 0 Å². The third-order valence-corrected chi connectivity index (χ3v) is 3.92. The highest BCUT2D eigenvalue weighted by Gasteiger charge is 2.26. The lowest BCUT2D eigenvalue weighted by atomic mass is 10.00. The largest absolute Gasteiger partial charge is 0.480 e. The molecule has 158 valence electrons. The van der Waals surface area contributed by atoms with Crippen molar-refractivity contribution in [1.29, 1.82) is 0 Å². The first kappa shape index (κ1) is 23.4. The summed E-state index contributed by atoms with van der Waals surface area (Å²) in [5, 5.41) is 14.3. The van der Waals surface area contributed by atoms with Crippen molar-refractivity contribution >= 4 is 17.8 Å². The summed E-state index contributed by atoms with van der Waals surface area (Å²) in [6.45, 7) is 2.53. The maximum atomic E-state index is 12.3. The second-order valence-corrected chi connectivity index (χ2v) is 5.95. The van der Waals surface area contributed by atoms with E-state index >= 15 is 0 Å². The Balaban J connectivity index is 2.59. The summed E-state index contributed by atoms with van der Waals surface area (Å²) in [6, 6.07) is -1.01. The van der Waals surface area contributed by atoms with Gasteiger partial charge in [0.25, 0.3) is 6.01 Å². The number of carbonyl (C=O) groups excluding carboxylic acids is 2. The molecule has 0 aliphatic carbocycles. The number of carbonyl (C=O) groups is 3. The Labute approximate surface area is 163 Å². The van der Waals surface area contributed by atoms with Gasteiger partial charge >= 0.3 is 5.97 Å². The van der Waals surface area contributed by atoms with Gasteiger partial charge in [-0.15, -0.1) is 0 Å². The maximum Gasteiger partial charge on any atom is 0.326 e. The molecule has 2 unspecified atom stereocenters. The zero-order valence-corrected chi connectivity index (χ0v) is 16.3. The normalized spacial score (nSPS) is 12.8. The summed E-state index contributed by atoms with van der Waals surface area (Å²) in [7, 11) is 3.04. The number of aromatic nitrogens is 2. The Kier molecular flexibility index (Phi) is 10.6. The van der Waals surface area contributed by atoms with Gasteiger partial charge in [-0.05, 0) is 6.42 Å². The number of ether oxygens (including phenoxy) is 3. The number of aromatic amines is 1. The molecular formula is C17H28N4O7. The van der Waals surface area contributed by atoms with Crippen molar-refractivity contribution in [1.82, 2.24) is 20.6 Å². The third kappa shape index (κ3) is 8.35. The molecule has 1 aromatic heterocycles. The van der Waals surface area contributed by atoms with E-state index in [1.54, 1.807) is 14.0 Å². The van der Waals surface area contributed by atoms with E-state index in [1.807, 2.05) is 0 Å². The maximum absolute atomic E-state index is 12.3. The topological polar surface area (TPSA) is 152 Å². The van der Waals surface area contributed by atoms with E-state index in [4.69, 9.17) is 14.2 Å². The Morgan fingerprint density at radius 3 is 2.68 bits per heavy atom. The Hall–Kier alpha value is -2.66. The average molecular weight is 400 g/mol. The summed E-state index contributed by atoms with van der Waals surface area (Å²) in [6.07, 6.45) is 1.86. The van der Waals surface area contributed by atoms with Crippen molar-refractivity contribution in [3.05, 3.63) is 11.9 Å². The number of amides is 2. The molecule has 11 heteroatoms. The number of imidazole rings is 1. The minimum Gasteiger partial charge on any atom is -0.480 e. The number of aliphatic carboxylic acids is 1. The van der Waals surface area contributed by atoms with Crippen LogP contribution in [0.2, 0.25) is 0 Å². The van der Waals surface area contributed by atoms with Crippen LogP contribution in [-0.2, 0) is 30.3 Å². The first-order valence-electron chi connectivity index (χ1n) is 8.88. The number of nitrogens with one attached hydrogen (secondary N) is 3. The second-order valence-electron chi connectivity index (χ2n) is 5.95. The number of hydrogen-bond acceptors (Lipinski definition) is 7. The van der Waals surface area contributed by atoms with Crippen molar-refractivity contribution in [2.75, 3.05) is 34.2 Å². The highest BCUT2D eigenvalue weighted by Crippen LogP contribution is 2.11. The van der Waals surface area contributed by atoms with Gasteiger partial charge < -0.3 is 34.9 Å². The van der Waals surface area contributed by atoms with Crippen LogP contribution in [0.25, 0.3) is 0 Å². The van der Waals surface area contributed by atoms with Gasteiger partial charge in [0, 0.05) is 39.1 Å². The molecule has 0 bridgehead atoms. The molecule has 11 nitrogen and oxygen atoms in total. The minimum absolute atomic E-state index is 0.00532. The molecule has 0 spiro atoms. The minimum atomic E-state index is -1.20. The molecule has 0 saturated carbocycles. The number of carboxylic acid groups (broad SMARTS) is 1. The monoisotopic (exact) mass is 400 g/mol. The van der Waals surface area contributed by atoms with Gasteiger partial charge in [0.15, 0.2) is 6.79 Å². The van der Waals surface area contributed by atoms with Crippen LogP contribution in [0.1, 0.15) is 25.5 Å². The van der Waals surface area contributed by atoms with Crippen molar-refractivity contribution < 1.29 is 33.7 Å². The number of H-pyrrole nitrogens is 1. The number of rotatable bonds is 14. The van der Waals surface area contributed by atoms with Crippen molar-refractivity contribution in [3.63, 3.8) is 0 Å². The lowest BCUT2D eigenvalue weighted by Gasteiger charge is -2.18. The van der Waals surface area contributed by atoms with E-state index in [0.29, 0.717) is 25.3 Å². The predicted molar refractivity (Wildman–Crippen MR) is 97.6 cm³/mol. The first-order chi connectivity index (χ1) is 13.4. The van der Waals surface area contributed by atoms with Gasteiger partial charge in [0.05, 0.1) is 18.9 Å². The predicted octanol–water partition coefficient (Wildman–Crippen LogP) is -0.317. The summed E-state index contributed by atoms with van der Waals surface area (Å²) < 4.78 is 15.2. The number of nitrogens with zero attached hydrogens (tertiary/aromatic N) is 1. The van der Waals surface area contributed by atoms with Gasteiger partial charge in [-0.1, -0.05) is 6.92 Å². The lowest BCUT2D eigenvalue weighted by Crippen LogP contribution is -2.45. The summed E-state index contributed by atoms with van der Waals surface area (Å²) in [4.78, 5) is 42.2.